The summed E-state index contributed by atoms with van der Waals surface area (Å²) in [5.41, 5.74) is 3.17. The molecule has 6 heteroatoms. The van der Waals surface area contributed by atoms with Gasteiger partial charge in [0.1, 0.15) is 18.2 Å². The van der Waals surface area contributed by atoms with E-state index in [-0.39, 0.29) is 5.82 Å². The van der Waals surface area contributed by atoms with Crippen LogP contribution in [0.5, 0.6) is 5.75 Å². The highest BCUT2D eigenvalue weighted by Gasteiger charge is 2.06. The minimum Gasteiger partial charge on any atom is -0.491 e. The van der Waals surface area contributed by atoms with Crippen LogP contribution in [-0.4, -0.2) is 32.8 Å². The van der Waals surface area contributed by atoms with Crippen molar-refractivity contribution in [2.24, 2.45) is 4.99 Å². The predicted octanol–water partition coefficient (Wildman–Crippen LogP) is 3.41. The SMILES string of the molecule is CCOCCOc1cc(C)ccc1CNC(=NC)NCc1ccc(F)cc1. The standard InChI is InChI=1S/C21H28FN3O2/c1-4-26-11-12-27-20-13-16(2)5-8-18(20)15-25-21(23-3)24-14-17-6-9-19(22)10-7-17/h5-10,13H,4,11-12,14-15H2,1-3H3,(H2,23,24,25). The topological polar surface area (TPSA) is 54.9 Å². The first-order valence-corrected chi connectivity index (χ1v) is 9.11. The molecule has 2 aromatic rings. The Kier molecular flexibility index (Phi) is 8.58. The Morgan fingerprint density at radius 2 is 1.78 bits per heavy atom. The summed E-state index contributed by atoms with van der Waals surface area (Å²) in [6, 6.07) is 12.5. The number of nitrogens with zero attached hydrogens (tertiary/aromatic N) is 1. The second-order valence-electron chi connectivity index (χ2n) is 6.06. The molecule has 0 aliphatic rings. The van der Waals surface area contributed by atoms with Gasteiger partial charge in [0.05, 0.1) is 6.61 Å². The van der Waals surface area contributed by atoms with Gasteiger partial charge in [-0.3, -0.25) is 4.99 Å². The van der Waals surface area contributed by atoms with Crippen LogP contribution in [0, 0.1) is 12.7 Å². The molecule has 0 amide bonds. The van der Waals surface area contributed by atoms with Gasteiger partial charge in [-0.25, -0.2) is 4.39 Å². The van der Waals surface area contributed by atoms with Crippen LogP contribution in [0.3, 0.4) is 0 Å². The number of halogens is 1. The quantitative estimate of drug-likeness (QED) is 0.402. The zero-order chi connectivity index (χ0) is 19.5. The molecular formula is C21H28FN3O2. The fraction of sp³-hybridized carbons (Fsp3) is 0.381. The molecule has 0 fully saturated rings. The van der Waals surface area contributed by atoms with Crippen molar-refractivity contribution in [1.82, 2.24) is 10.6 Å². The Balaban J connectivity index is 1.90. The summed E-state index contributed by atoms with van der Waals surface area (Å²) in [5.74, 6) is 1.27. The smallest absolute Gasteiger partial charge is 0.191 e. The van der Waals surface area contributed by atoms with Crippen molar-refractivity contribution in [3.8, 4) is 5.75 Å². The first-order valence-electron chi connectivity index (χ1n) is 9.11. The van der Waals surface area contributed by atoms with Crippen LogP contribution in [-0.2, 0) is 17.8 Å². The fourth-order valence-corrected chi connectivity index (χ4v) is 2.48. The zero-order valence-electron chi connectivity index (χ0n) is 16.2. The zero-order valence-corrected chi connectivity index (χ0v) is 16.2. The Bertz CT molecular complexity index is 733. The lowest BCUT2D eigenvalue weighted by Crippen LogP contribution is -2.36. The summed E-state index contributed by atoms with van der Waals surface area (Å²) in [6.07, 6.45) is 0. The van der Waals surface area contributed by atoms with Crippen LogP contribution < -0.4 is 15.4 Å². The van der Waals surface area contributed by atoms with Gasteiger partial charge in [-0.15, -0.1) is 0 Å². The van der Waals surface area contributed by atoms with Gasteiger partial charge in [-0.1, -0.05) is 24.3 Å². The van der Waals surface area contributed by atoms with E-state index in [4.69, 9.17) is 9.47 Å². The number of guanidine groups is 1. The molecule has 27 heavy (non-hydrogen) atoms. The van der Waals surface area contributed by atoms with Crippen LogP contribution in [0.15, 0.2) is 47.5 Å². The predicted molar refractivity (Wildman–Crippen MR) is 107 cm³/mol. The number of aryl methyl sites for hydroxylation is 1. The molecule has 0 heterocycles. The number of rotatable bonds is 9. The third-order valence-electron chi connectivity index (χ3n) is 3.96. The Morgan fingerprint density at radius 3 is 2.48 bits per heavy atom. The molecule has 0 saturated heterocycles. The normalized spacial score (nSPS) is 11.3. The molecule has 0 saturated carbocycles. The fourth-order valence-electron chi connectivity index (χ4n) is 2.48. The van der Waals surface area contributed by atoms with Gasteiger partial charge in [0.2, 0.25) is 0 Å². The molecule has 2 N–H and O–H groups in total. The maximum atomic E-state index is 13.0. The second kappa shape index (κ2) is 11.2. The molecule has 0 aliphatic heterocycles. The van der Waals surface area contributed by atoms with E-state index in [0.717, 1.165) is 22.4 Å². The molecule has 0 aliphatic carbocycles. The Hall–Kier alpha value is -2.60. The van der Waals surface area contributed by atoms with Gasteiger partial charge < -0.3 is 20.1 Å². The van der Waals surface area contributed by atoms with Gasteiger partial charge in [0, 0.05) is 32.3 Å². The average Bonchev–Trinajstić information content (AvgIpc) is 2.68. The Labute approximate surface area is 160 Å². The van der Waals surface area contributed by atoms with Crippen LogP contribution in [0.25, 0.3) is 0 Å². The van der Waals surface area contributed by atoms with E-state index in [1.54, 1.807) is 19.2 Å². The van der Waals surface area contributed by atoms with Gasteiger partial charge in [-0.05, 0) is 43.2 Å². The molecule has 2 rings (SSSR count). The molecule has 0 radical (unpaired) electrons. The molecular weight excluding hydrogens is 345 g/mol. The lowest BCUT2D eigenvalue weighted by Gasteiger charge is -2.15. The van der Waals surface area contributed by atoms with Crippen LogP contribution in [0.2, 0.25) is 0 Å². The summed E-state index contributed by atoms with van der Waals surface area (Å²) in [5, 5.41) is 6.50. The first-order chi connectivity index (χ1) is 13.1. The van der Waals surface area contributed by atoms with Crippen molar-refractivity contribution in [1.29, 1.82) is 0 Å². The number of benzene rings is 2. The number of hydrogen-bond donors (Lipinski definition) is 2. The van der Waals surface area contributed by atoms with Crippen LogP contribution >= 0.6 is 0 Å². The second-order valence-corrected chi connectivity index (χ2v) is 6.06. The minimum atomic E-state index is -0.238. The summed E-state index contributed by atoms with van der Waals surface area (Å²) in [6.45, 7) is 6.91. The van der Waals surface area contributed by atoms with E-state index in [1.807, 2.05) is 26.0 Å². The largest absolute Gasteiger partial charge is 0.491 e. The van der Waals surface area contributed by atoms with E-state index < -0.39 is 0 Å². The molecule has 5 nitrogen and oxygen atoms in total. The van der Waals surface area contributed by atoms with E-state index in [1.165, 1.54) is 12.1 Å². The van der Waals surface area contributed by atoms with Crippen molar-refractivity contribution in [3.05, 3.63) is 65.0 Å². The number of nitrogens with one attached hydrogen (secondary N) is 2. The maximum Gasteiger partial charge on any atom is 0.191 e. The van der Waals surface area contributed by atoms with Crippen molar-refractivity contribution in [2.45, 2.75) is 26.9 Å². The van der Waals surface area contributed by atoms with E-state index in [0.29, 0.717) is 38.9 Å². The van der Waals surface area contributed by atoms with Gasteiger partial charge >= 0.3 is 0 Å². The van der Waals surface area contributed by atoms with Crippen molar-refractivity contribution < 1.29 is 13.9 Å². The molecule has 0 atom stereocenters. The highest BCUT2D eigenvalue weighted by atomic mass is 19.1. The lowest BCUT2D eigenvalue weighted by molar-refractivity contribution is 0.110. The first kappa shape index (κ1) is 20.7. The molecule has 146 valence electrons. The van der Waals surface area contributed by atoms with Crippen molar-refractivity contribution in [3.63, 3.8) is 0 Å². The molecule has 2 aromatic carbocycles. The molecule has 0 unspecified atom stereocenters. The molecule has 0 spiro atoms. The minimum absolute atomic E-state index is 0.238. The van der Waals surface area contributed by atoms with E-state index >= 15 is 0 Å². The third-order valence-corrected chi connectivity index (χ3v) is 3.96. The summed E-state index contributed by atoms with van der Waals surface area (Å²) in [4.78, 5) is 4.23. The van der Waals surface area contributed by atoms with Crippen LogP contribution in [0.4, 0.5) is 4.39 Å². The molecule has 0 aromatic heterocycles. The van der Waals surface area contributed by atoms with Crippen molar-refractivity contribution in [2.75, 3.05) is 26.9 Å². The van der Waals surface area contributed by atoms with E-state index in [9.17, 15) is 4.39 Å². The maximum absolute atomic E-state index is 13.0. The van der Waals surface area contributed by atoms with Crippen molar-refractivity contribution >= 4 is 5.96 Å². The van der Waals surface area contributed by atoms with Gasteiger partial charge in [0.15, 0.2) is 5.96 Å². The Morgan fingerprint density at radius 1 is 1.04 bits per heavy atom. The number of hydrogen-bond acceptors (Lipinski definition) is 3. The number of aliphatic imine (C=N–C) groups is 1. The summed E-state index contributed by atoms with van der Waals surface area (Å²) >= 11 is 0. The lowest BCUT2D eigenvalue weighted by atomic mass is 10.1. The average molecular weight is 373 g/mol. The van der Waals surface area contributed by atoms with Gasteiger partial charge in [-0.2, -0.15) is 0 Å². The van der Waals surface area contributed by atoms with Gasteiger partial charge in [0.25, 0.3) is 0 Å². The molecule has 0 bridgehead atoms. The highest BCUT2D eigenvalue weighted by molar-refractivity contribution is 5.79. The monoisotopic (exact) mass is 373 g/mol. The summed E-state index contributed by atoms with van der Waals surface area (Å²) in [7, 11) is 1.72. The van der Waals surface area contributed by atoms with E-state index in [2.05, 4.69) is 21.7 Å². The highest BCUT2D eigenvalue weighted by Crippen LogP contribution is 2.20. The third kappa shape index (κ3) is 7.27. The number of ether oxygens (including phenoxy) is 2. The van der Waals surface area contributed by atoms with Crippen LogP contribution in [0.1, 0.15) is 23.6 Å². The summed E-state index contributed by atoms with van der Waals surface area (Å²) < 4.78 is 24.2.